The summed E-state index contributed by atoms with van der Waals surface area (Å²) in [5, 5.41) is 0. The largest absolute Gasteiger partial charge is 0.459 e. The molecule has 9 heavy (non-hydrogen) atoms. The van der Waals surface area contributed by atoms with Gasteiger partial charge < -0.3 is 4.74 Å². The number of esters is 1. The van der Waals surface area contributed by atoms with Gasteiger partial charge in [-0.2, -0.15) is 0 Å². The van der Waals surface area contributed by atoms with E-state index in [4.69, 9.17) is 23.2 Å². The number of hydrogen-bond donors (Lipinski definition) is 0. The Kier molecular flexibility index (Phi) is 4.54. The van der Waals surface area contributed by atoms with Crippen molar-refractivity contribution in [1.82, 2.24) is 0 Å². The molecule has 4 heteroatoms. The van der Waals surface area contributed by atoms with Crippen LogP contribution < -0.4 is 0 Å². The molecule has 0 aliphatic rings. The van der Waals surface area contributed by atoms with Gasteiger partial charge in [-0.15, -0.1) is 0 Å². The van der Waals surface area contributed by atoms with Crippen LogP contribution in [0.4, 0.5) is 0 Å². The van der Waals surface area contributed by atoms with Crippen LogP contribution in [0.5, 0.6) is 0 Å². The third-order valence-electron chi connectivity index (χ3n) is 0.522. The lowest BCUT2D eigenvalue weighted by molar-refractivity contribution is -0.140. The average Bonchev–Trinajstić information content (AvgIpc) is 1.82. The summed E-state index contributed by atoms with van der Waals surface area (Å²) in [4.78, 5) is 9.28. The van der Waals surface area contributed by atoms with Crippen molar-refractivity contribution in [3.8, 4) is 0 Å². The van der Waals surface area contributed by atoms with E-state index in [2.05, 4.69) is 11.3 Å². The van der Waals surface area contributed by atoms with Crippen LogP contribution in [0, 0.1) is 0 Å². The van der Waals surface area contributed by atoms with Crippen molar-refractivity contribution in [3.63, 3.8) is 0 Å². The van der Waals surface area contributed by atoms with Gasteiger partial charge >= 0.3 is 5.97 Å². The summed E-state index contributed by atoms with van der Waals surface area (Å²) in [5.74, 6) is -0.641. The molecule has 0 atom stereocenters. The maximum absolute atomic E-state index is 10.4. The first-order chi connectivity index (χ1) is 4.18. The molecule has 0 N–H and O–H groups in total. The van der Waals surface area contributed by atoms with E-state index >= 15 is 0 Å². The van der Waals surface area contributed by atoms with E-state index in [1.54, 1.807) is 0 Å². The molecule has 52 valence electrons. The second-order valence-corrected chi connectivity index (χ2v) is 2.32. The zero-order valence-corrected chi connectivity index (χ0v) is 6.15. The molecule has 0 fully saturated rings. The Balaban J connectivity index is 3.38. The molecule has 0 amide bonds. The molecule has 0 rings (SSSR count). The van der Waals surface area contributed by atoms with E-state index in [0.29, 0.717) is 0 Å². The molecule has 0 aliphatic carbocycles. The number of carbonyl (C=O) groups excluding carboxylic acids is 1. The summed E-state index contributed by atoms with van der Waals surface area (Å²) in [7, 11) is 0. The van der Waals surface area contributed by atoms with Crippen LogP contribution in [-0.2, 0) is 9.53 Å². The van der Waals surface area contributed by atoms with E-state index in [1.807, 2.05) is 0 Å². The molecule has 0 saturated carbocycles. The maximum atomic E-state index is 10.4. The number of rotatable bonds is 3. The molecule has 0 radical (unpaired) electrons. The first kappa shape index (κ1) is 8.79. The summed E-state index contributed by atoms with van der Waals surface area (Å²) < 4.78 is 4.43. The Labute approximate surface area is 63.4 Å². The summed E-state index contributed by atoms with van der Waals surface area (Å²) in [5.41, 5.74) is 0. The zero-order chi connectivity index (χ0) is 7.28. The Hall–Kier alpha value is -0.210. The topological polar surface area (TPSA) is 26.3 Å². The minimum absolute atomic E-state index is 0.148. The monoisotopic (exact) mass is 168 g/mol. The van der Waals surface area contributed by atoms with Crippen molar-refractivity contribution in [3.05, 3.63) is 12.7 Å². The Bertz CT molecular complexity index is 112. The first-order valence-electron chi connectivity index (χ1n) is 2.24. The summed E-state index contributed by atoms with van der Waals surface area (Å²) in [6, 6.07) is 0. The third kappa shape index (κ3) is 4.30. The molecular weight excluding hydrogens is 163 g/mol. The van der Waals surface area contributed by atoms with Gasteiger partial charge in [0.1, 0.15) is 6.61 Å². The fraction of sp³-hybridized carbons (Fsp3) is 0.400. The molecule has 0 aromatic rings. The molecule has 0 aromatic heterocycles. The van der Waals surface area contributed by atoms with Crippen molar-refractivity contribution in [1.29, 1.82) is 0 Å². The van der Waals surface area contributed by atoms with Crippen molar-refractivity contribution < 1.29 is 9.53 Å². The highest BCUT2D eigenvalue weighted by molar-refractivity contribution is 6.52. The number of halogens is 2. The lowest BCUT2D eigenvalue weighted by Gasteiger charge is -1.99. The van der Waals surface area contributed by atoms with Gasteiger partial charge in [-0.25, -0.2) is 4.79 Å². The summed E-state index contributed by atoms with van der Waals surface area (Å²) >= 11 is 10.2. The highest BCUT2D eigenvalue weighted by atomic mass is 35.5. The molecular formula is C5H6Cl2O2. The second kappa shape index (κ2) is 4.65. The number of carbonyl (C=O) groups is 1. The van der Waals surface area contributed by atoms with Crippen LogP contribution in [0.2, 0.25) is 0 Å². The van der Waals surface area contributed by atoms with Gasteiger partial charge in [-0.05, 0) is 0 Å². The van der Waals surface area contributed by atoms with Gasteiger partial charge in [0.05, 0.1) is 0 Å². The zero-order valence-electron chi connectivity index (χ0n) is 4.64. The number of alkyl halides is 2. The fourth-order valence-electron chi connectivity index (χ4n) is 0.204. The van der Waals surface area contributed by atoms with Crippen molar-refractivity contribution in [2.45, 2.75) is 4.84 Å². The molecule has 0 heterocycles. The maximum Gasteiger partial charge on any atom is 0.339 e. The fourth-order valence-corrected chi connectivity index (χ4v) is 0.330. The molecule has 0 bridgehead atoms. The standard InChI is InChI=1S/C5H6Cl2O2/c1-2-3-9-5(8)4(6)7/h2,4H,1,3H2. The third-order valence-corrected chi connectivity index (χ3v) is 0.878. The van der Waals surface area contributed by atoms with Crippen LogP contribution in [0.25, 0.3) is 0 Å². The van der Waals surface area contributed by atoms with Crippen LogP contribution >= 0.6 is 23.2 Å². The van der Waals surface area contributed by atoms with E-state index in [-0.39, 0.29) is 6.61 Å². The van der Waals surface area contributed by atoms with Crippen LogP contribution in [0.15, 0.2) is 12.7 Å². The predicted molar refractivity (Wildman–Crippen MR) is 36.7 cm³/mol. The van der Waals surface area contributed by atoms with Crippen LogP contribution in [-0.4, -0.2) is 17.4 Å². The first-order valence-corrected chi connectivity index (χ1v) is 3.11. The van der Waals surface area contributed by atoms with Gasteiger partial charge in [0.25, 0.3) is 0 Å². The highest BCUT2D eigenvalue weighted by Gasteiger charge is 2.10. The molecule has 0 saturated heterocycles. The quantitative estimate of drug-likeness (QED) is 0.363. The Morgan fingerprint density at radius 3 is 2.67 bits per heavy atom. The minimum atomic E-state index is -1.09. The Morgan fingerprint density at radius 1 is 1.78 bits per heavy atom. The summed E-state index contributed by atoms with van der Waals surface area (Å²) in [6.45, 7) is 3.48. The molecule has 0 spiro atoms. The molecule has 0 unspecified atom stereocenters. The molecule has 0 aromatic carbocycles. The van der Waals surface area contributed by atoms with Crippen molar-refractivity contribution >= 4 is 29.2 Å². The molecule has 0 aliphatic heterocycles. The van der Waals surface area contributed by atoms with E-state index in [9.17, 15) is 4.79 Å². The predicted octanol–water partition coefficient (Wildman–Crippen LogP) is 1.52. The van der Waals surface area contributed by atoms with Crippen molar-refractivity contribution in [2.24, 2.45) is 0 Å². The van der Waals surface area contributed by atoms with E-state index in [0.717, 1.165) is 0 Å². The highest BCUT2D eigenvalue weighted by Crippen LogP contribution is 2.02. The lowest BCUT2D eigenvalue weighted by atomic mass is 10.7. The van der Waals surface area contributed by atoms with Gasteiger partial charge in [0.2, 0.25) is 4.84 Å². The SMILES string of the molecule is C=CCOC(=O)C(Cl)Cl. The minimum Gasteiger partial charge on any atom is -0.459 e. The number of ether oxygens (including phenoxy) is 1. The van der Waals surface area contributed by atoms with E-state index < -0.39 is 10.8 Å². The van der Waals surface area contributed by atoms with Gasteiger partial charge in [-0.3, -0.25) is 0 Å². The normalized spacial score (nSPS) is 9.22. The molecule has 2 nitrogen and oxygen atoms in total. The average molecular weight is 169 g/mol. The second-order valence-electron chi connectivity index (χ2n) is 1.22. The van der Waals surface area contributed by atoms with Gasteiger partial charge in [0, 0.05) is 0 Å². The number of hydrogen-bond acceptors (Lipinski definition) is 2. The van der Waals surface area contributed by atoms with Crippen LogP contribution in [0.1, 0.15) is 0 Å². The van der Waals surface area contributed by atoms with Crippen molar-refractivity contribution in [2.75, 3.05) is 6.61 Å². The lowest BCUT2D eigenvalue weighted by Crippen LogP contribution is -2.11. The van der Waals surface area contributed by atoms with Gasteiger partial charge in [-0.1, -0.05) is 35.9 Å². The van der Waals surface area contributed by atoms with Crippen LogP contribution in [0.3, 0.4) is 0 Å². The van der Waals surface area contributed by atoms with Gasteiger partial charge in [0.15, 0.2) is 0 Å². The smallest absolute Gasteiger partial charge is 0.339 e. The summed E-state index contributed by atoms with van der Waals surface area (Å²) in [6.07, 6.45) is 1.44. The Morgan fingerprint density at radius 2 is 2.33 bits per heavy atom. The van der Waals surface area contributed by atoms with E-state index in [1.165, 1.54) is 6.08 Å².